The first-order chi connectivity index (χ1) is 9.24. The molecule has 1 aromatic carbocycles. The molecule has 0 amide bonds. The van der Waals surface area contributed by atoms with Crippen molar-refractivity contribution in [2.45, 2.75) is 43.5 Å². The van der Waals surface area contributed by atoms with Gasteiger partial charge in [0.05, 0.1) is 5.25 Å². The van der Waals surface area contributed by atoms with E-state index >= 15 is 0 Å². The predicted molar refractivity (Wildman–Crippen MR) is 74.3 cm³/mol. The fourth-order valence-electron chi connectivity index (χ4n) is 3.04. The summed E-state index contributed by atoms with van der Waals surface area (Å²) in [5, 5.41) is -0.0331. The van der Waals surface area contributed by atoms with Crippen LogP contribution in [0.4, 0.5) is 0 Å². The van der Waals surface area contributed by atoms with E-state index in [1.807, 2.05) is 18.2 Å². The molecule has 5 heteroatoms. The molecule has 0 bridgehead atoms. The number of rotatable bonds is 2. The highest BCUT2D eigenvalue weighted by molar-refractivity contribution is 7.79. The van der Waals surface area contributed by atoms with Gasteiger partial charge in [0, 0.05) is 18.2 Å². The molecule has 2 aliphatic rings. The molecule has 1 unspecified atom stereocenters. The van der Waals surface area contributed by atoms with Gasteiger partial charge in [-0.25, -0.2) is 4.21 Å². The van der Waals surface area contributed by atoms with Crippen LogP contribution in [0.1, 0.15) is 31.2 Å². The predicted octanol–water partition coefficient (Wildman–Crippen LogP) is 2.37. The van der Waals surface area contributed by atoms with Gasteiger partial charge in [-0.3, -0.25) is 4.90 Å². The number of para-hydroxylation sites is 1. The lowest BCUT2D eigenvalue weighted by Gasteiger charge is -2.38. The van der Waals surface area contributed by atoms with Crippen LogP contribution >= 0.6 is 0 Å². The van der Waals surface area contributed by atoms with Crippen molar-refractivity contribution in [2.24, 2.45) is 0 Å². The van der Waals surface area contributed by atoms with Gasteiger partial charge in [0.15, 0.2) is 11.1 Å². The molecule has 0 saturated heterocycles. The van der Waals surface area contributed by atoms with Crippen LogP contribution in [0.2, 0.25) is 0 Å². The molecule has 1 N–H and O–H groups in total. The van der Waals surface area contributed by atoms with Gasteiger partial charge in [0.1, 0.15) is 12.5 Å². The lowest BCUT2D eigenvalue weighted by molar-refractivity contribution is 0.0407. The fourth-order valence-corrected chi connectivity index (χ4v) is 3.71. The second kappa shape index (κ2) is 5.61. The molecule has 0 spiro atoms. The van der Waals surface area contributed by atoms with Crippen LogP contribution in [0.25, 0.3) is 0 Å². The molecule has 104 valence electrons. The van der Waals surface area contributed by atoms with Crippen LogP contribution in [-0.2, 0) is 17.6 Å². The molecule has 1 saturated carbocycles. The van der Waals surface area contributed by atoms with Gasteiger partial charge >= 0.3 is 0 Å². The van der Waals surface area contributed by atoms with Crippen LogP contribution in [0, 0.1) is 0 Å². The van der Waals surface area contributed by atoms with E-state index in [0.717, 1.165) is 38.0 Å². The first-order valence-corrected chi connectivity index (χ1v) is 7.95. The zero-order valence-electron chi connectivity index (χ0n) is 10.8. The van der Waals surface area contributed by atoms with E-state index in [-0.39, 0.29) is 5.25 Å². The lowest BCUT2D eigenvalue weighted by atomic mass is 9.93. The van der Waals surface area contributed by atoms with E-state index in [1.54, 1.807) is 0 Å². The Labute approximate surface area is 116 Å². The van der Waals surface area contributed by atoms with Crippen molar-refractivity contribution in [3.05, 3.63) is 29.8 Å². The standard InChI is InChI=1S/C14H19NO3S/c16-19(17)13-7-5-12(6-8-13)15-9-11-3-1-2-4-14(11)18-10-15/h1-4,12-13H,5-10H2,(H,16,17). The number of ether oxygens (including phenoxy) is 1. The second-order valence-electron chi connectivity index (χ2n) is 5.33. The average molecular weight is 281 g/mol. The summed E-state index contributed by atoms with van der Waals surface area (Å²) in [7, 11) is 0. The minimum Gasteiger partial charge on any atom is -0.478 e. The smallest absolute Gasteiger partial charge is 0.155 e. The molecule has 1 heterocycles. The Balaban J connectivity index is 1.62. The van der Waals surface area contributed by atoms with Crippen LogP contribution < -0.4 is 4.74 Å². The van der Waals surface area contributed by atoms with Crippen LogP contribution in [0.15, 0.2) is 24.3 Å². The normalized spacial score (nSPS) is 29.3. The molecule has 0 radical (unpaired) electrons. The van der Waals surface area contributed by atoms with Crippen molar-refractivity contribution in [1.82, 2.24) is 4.90 Å². The summed E-state index contributed by atoms with van der Waals surface area (Å²) in [6.45, 7) is 1.56. The SMILES string of the molecule is O=S(O)C1CCC(N2COc3ccccc3C2)CC1. The minimum absolute atomic E-state index is 0.0331. The van der Waals surface area contributed by atoms with Crippen LogP contribution in [0.3, 0.4) is 0 Å². The fraction of sp³-hybridized carbons (Fsp3) is 0.571. The topological polar surface area (TPSA) is 49.8 Å². The van der Waals surface area contributed by atoms with E-state index in [0.29, 0.717) is 12.8 Å². The largest absolute Gasteiger partial charge is 0.478 e. The number of hydrogen-bond acceptors (Lipinski definition) is 3. The highest BCUT2D eigenvalue weighted by Crippen LogP contribution is 2.31. The van der Waals surface area contributed by atoms with E-state index < -0.39 is 11.1 Å². The van der Waals surface area contributed by atoms with Crippen molar-refractivity contribution >= 4 is 11.1 Å². The molecule has 3 rings (SSSR count). The summed E-state index contributed by atoms with van der Waals surface area (Å²) in [5.41, 5.74) is 1.24. The minimum atomic E-state index is -1.66. The van der Waals surface area contributed by atoms with Gasteiger partial charge in [-0.2, -0.15) is 0 Å². The Kier molecular flexibility index (Phi) is 3.86. The molecule has 1 aromatic rings. The number of fused-ring (bicyclic) bond motifs is 1. The van der Waals surface area contributed by atoms with Gasteiger partial charge < -0.3 is 9.29 Å². The van der Waals surface area contributed by atoms with Crippen LogP contribution in [-0.4, -0.2) is 31.7 Å². The Morgan fingerprint density at radius 2 is 1.95 bits per heavy atom. The maximum Gasteiger partial charge on any atom is 0.155 e. The maximum absolute atomic E-state index is 11.1. The van der Waals surface area contributed by atoms with Gasteiger partial charge in [-0.15, -0.1) is 0 Å². The quantitative estimate of drug-likeness (QED) is 0.846. The Bertz CT molecular complexity index is 472. The third-order valence-electron chi connectivity index (χ3n) is 4.18. The summed E-state index contributed by atoms with van der Waals surface area (Å²) in [4.78, 5) is 2.35. The van der Waals surface area contributed by atoms with Gasteiger partial charge in [-0.05, 0) is 31.7 Å². The molecule has 1 fully saturated rings. The number of benzene rings is 1. The van der Waals surface area contributed by atoms with E-state index in [2.05, 4.69) is 11.0 Å². The summed E-state index contributed by atoms with van der Waals surface area (Å²) in [6, 6.07) is 8.63. The average Bonchev–Trinajstić information content (AvgIpc) is 2.47. The van der Waals surface area contributed by atoms with Gasteiger partial charge in [-0.1, -0.05) is 18.2 Å². The molecule has 1 atom stereocenters. The Morgan fingerprint density at radius 1 is 1.21 bits per heavy atom. The Hall–Kier alpha value is -0.910. The highest BCUT2D eigenvalue weighted by atomic mass is 32.2. The molecule has 19 heavy (non-hydrogen) atoms. The first-order valence-electron chi connectivity index (χ1n) is 6.78. The molecule has 0 aromatic heterocycles. The molecular weight excluding hydrogens is 262 g/mol. The van der Waals surface area contributed by atoms with Crippen molar-refractivity contribution < 1.29 is 13.5 Å². The van der Waals surface area contributed by atoms with E-state index in [1.165, 1.54) is 5.56 Å². The summed E-state index contributed by atoms with van der Waals surface area (Å²) in [5.74, 6) is 0.990. The van der Waals surface area contributed by atoms with Crippen molar-refractivity contribution in [1.29, 1.82) is 0 Å². The summed E-state index contributed by atoms with van der Waals surface area (Å²) < 4.78 is 26.0. The third-order valence-corrected chi connectivity index (χ3v) is 5.22. The molecule has 1 aliphatic heterocycles. The van der Waals surface area contributed by atoms with E-state index in [9.17, 15) is 4.21 Å². The van der Waals surface area contributed by atoms with E-state index in [4.69, 9.17) is 9.29 Å². The molecular formula is C14H19NO3S. The van der Waals surface area contributed by atoms with Crippen molar-refractivity contribution in [3.63, 3.8) is 0 Å². The molecule has 1 aliphatic carbocycles. The van der Waals surface area contributed by atoms with Gasteiger partial charge in [0.2, 0.25) is 0 Å². The lowest BCUT2D eigenvalue weighted by Crippen LogP contribution is -2.43. The number of nitrogens with zero attached hydrogens (tertiary/aromatic N) is 1. The summed E-state index contributed by atoms with van der Waals surface area (Å²) in [6.07, 6.45) is 3.66. The zero-order chi connectivity index (χ0) is 13.2. The summed E-state index contributed by atoms with van der Waals surface area (Å²) >= 11 is -1.66. The Morgan fingerprint density at radius 3 is 2.68 bits per heavy atom. The monoisotopic (exact) mass is 281 g/mol. The van der Waals surface area contributed by atoms with Crippen LogP contribution in [0.5, 0.6) is 5.75 Å². The highest BCUT2D eigenvalue weighted by Gasteiger charge is 2.30. The number of hydrogen-bond donors (Lipinski definition) is 1. The second-order valence-corrected chi connectivity index (χ2v) is 6.55. The third kappa shape index (κ3) is 2.83. The van der Waals surface area contributed by atoms with Gasteiger partial charge in [0.25, 0.3) is 0 Å². The van der Waals surface area contributed by atoms with Crippen molar-refractivity contribution in [3.8, 4) is 5.75 Å². The van der Waals surface area contributed by atoms with Crippen molar-refractivity contribution in [2.75, 3.05) is 6.73 Å². The first kappa shape index (κ1) is 13.1. The molecule has 4 nitrogen and oxygen atoms in total. The maximum atomic E-state index is 11.1. The zero-order valence-corrected chi connectivity index (χ0v) is 11.6.